The van der Waals surface area contributed by atoms with Crippen LogP contribution < -0.4 is 5.73 Å². The van der Waals surface area contributed by atoms with Gasteiger partial charge in [-0.05, 0) is 12.0 Å². The van der Waals surface area contributed by atoms with Crippen LogP contribution >= 0.6 is 0 Å². The molecule has 0 fully saturated rings. The fraction of sp³-hybridized carbons (Fsp3) is 0.500. The fourth-order valence-electron chi connectivity index (χ4n) is 1.43. The third kappa shape index (κ3) is 4.00. The summed E-state index contributed by atoms with van der Waals surface area (Å²) < 4.78 is 5.64. The maximum absolute atomic E-state index is 9.36. The number of quaternary nitrogens is 1. The predicted octanol–water partition coefficient (Wildman–Crippen LogP) is 0.757. The van der Waals surface area contributed by atoms with Crippen LogP contribution in [0.5, 0.6) is 0 Å². The Kier molecular flexibility index (Phi) is 5.32. The van der Waals surface area contributed by atoms with Crippen LogP contribution in [0, 0.1) is 0 Å². The van der Waals surface area contributed by atoms with Gasteiger partial charge in [-0.1, -0.05) is 37.3 Å². The van der Waals surface area contributed by atoms with Crippen molar-refractivity contribution in [1.29, 1.82) is 0 Å². The standard InChI is InChI=1S/C12H19NO2/c1-2-12(15-9-11(14)8-13)10-6-4-3-5-7-10/h3-7,11-12,14H,2,8-9,13H2,1H3/p+1/t11-,12-/m1/s1. The smallest absolute Gasteiger partial charge is 0.126 e. The molecule has 0 unspecified atom stereocenters. The second-order valence-corrected chi connectivity index (χ2v) is 3.58. The van der Waals surface area contributed by atoms with E-state index in [4.69, 9.17) is 4.74 Å². The van der Waals surface area contributed by atoms with Crippen molar-refractivity contribution < 1.29 is 15.6 Å². The van der Waals surface area contributed by atoms with Crippen LogP contribution in [0.15, 0.2) is 30.3 Å². The minimum Gasteiger partial charge on any atom is -0.385 e. The number of hydrogen-bond donors (Lipinski definition) is 2. The molecule has 0 saturated heterocycles. The molecule has 1 rings (SSSR count). The van der Waals surface area contributed by atoms with Crippen LogP contribution in [-0.4, -0.2) is 24.4 Å². The van der Waals surface area contributed by atoms with Gasteiger partial charge in [-0.25, -0.2) is 0 Å². The van der Waals surface area contributed by atoms with E-state index in [1.54, 1.807) is 0 Å². The molecule has 0 aliphatic carbocycles. The Hall–Kier alpha value is -0.900. The average molecular weight is 210 g/mol. The Balaban J connectivity index is 2.50. The van der Waals surface area contributed by atoms with Crippen LogP contribution in [0.25, 0.3) is 0 Å². The van der Waals surface area contributed by atoms with E-state index in [1.165, 1.54) is 0 Å². The first-order chi connectivity index (χ1) is 7.27. The Morgan fingerprint density at radius 1 is 1.33 bits per heavy atom. The van der Waals surface area contributed by atoms with E-state index < -0.39 is 6.10 Å². The molecular formula is C12H20NO2+. The number of aliphatic hydroxyl groups excluding tert-OH is 1. The molecule has 3 nitrogen and oxygen atoms in total. The summed E-state index contributed by atoms with van der Waals surface area (Å²) in [5.41, 5.74) is 4.80. The second-order valence-electron chi connectivity index (χ2n) is 3.58. The van der Waals surface area contributed by atoms with Crippen LogP contribution in [0.1, 0.15) is 25.0 Å². The molecular weight excluding hydrogens is 190 g/mol. The van der Waals surface area contributed by atoms with Crippen molar-refractivity contribution in [2.75, 3.05) is 13.2 Å². The topological polar surface area (TPSA) is 57.1 Å². The maximum Gasteiger partial charge on any atom is 0.126 e. The van der Waals surface area contributed by atoms with Gasteiger partial charge in [-0.15, -0.1) is 0 Å². The Bertz CT molecular complexity index is 264. The Labute approximate surface area is 90.9 Å². The molecule has 15 heavy (non-hydrogen) atoms. The lowest BCUT2D eigenvalue weighted by Crippen LogP contribution is -2.56. The number of aliphatic hydroxyl groups is 1. The van der Waals surface area contributed by atoms with Crippen LogP contribution in [0.2, 0.25) is 0 Å². The van der Waals surface area contributed by atoms with E-state index in [9.17, 15) is 5.11 Å². The molecule has 3 heteroatoms. The van der Waals surface area contributed by atoms with Crippen molar-refractivity contribution in [3.05, 3.63) is 35.9 Å². The molecule has 1 aromatic carbocycles. The first-order valence-corrected chi connectivity index (χ1v) is 5.41. The molecule has 0 radical (unpaired) electrons. The normalized spacial score (nSPS) is 14.9. The Morgan fingerprint density at radius 3 is 2.53 bits per heavy atom. The van der Waals surface area contributed by atoms with Gasteiger partial charge >= 0.3 is 0 Å². The largest absolute Gasteiger partial charge is 0.385 e. The summed E-state index contributed by atoms with van der Waals surface area (Å²) in [6.07, 6.45) is 0.531. The van der Waals surface area contributed by atoms with Crippen LogP contribution in [0.3, 0.4) is 0 Å². The van der Waals surface area contributed by atoms with E-state index in [-0.39, 0.29) is 6.10 Å². The van der Waals surface area contributed by atoms with Crippen molar-refractivity contribution in [3.63, 3.8) is 0 Å². The average Bonchev–Trinajstić information content (AvgIpc) is 2.31. The minimum atomic E-state index is -0.456. The third-order valence-electron chi connectivity index (χ3n) is 2.37. The fourth-order valence-corrected chi connectivity index (χ4v) is 1.43. The molecule has 0 aliphatic heterocycles. The molecule has 0 bridgehead atoms. The van der Waals surface area contributed by atoms with Gasteiger partial charge in [-0.2, -0.15) is 0 Å². The summed E-state index contributed by atoms with van der Waals surface area (Å²) in [5, 5.41) is 9.36. The van der Waals surface area contributed by atoms with Crippen LogP contribution in [0.4, 0.5) is 0 Å². The number of hydrogen-bond acceptors (Lipinski definition) is 2. The zero-order chi connectivity index (χ0) is 11.1. The van der Waals surface area contributed by atoms with Gasteiger partial charge < -0.3 is 15.6 Å². The molecule has 4 N–H and O–H groups in total. The highest BCUT2D eigenvalue weighted by Crippen LogP contribution is 2.20. The predicted molar refractivity (Wildman–Crippen MR) is 59.2 cm³/mol. The lowest BCUT2D eigenvalue weighted by atomic mass is 10.1. The highest BCUT2D eigenvalue weighted by atomic mass is 16.5. The van der Waals surface area contributed by atoms with E-state index >= 15 is 0 Å². The summed E-state index contributed by atoms with van der Waals surface area (Å²) in [7, 11) is 0. The summed E-state index contributed by atoms with van der Waals surface area (Å²) in [4.78, 5) is 0. The molecule has 0 heterocycles. The summed E-state index contributed by atoms with van der Waals surface area (Å²) >= 11 is 0. The molecule has 84 valence electrons. The lowest BCUT2D eigenvalue weighted by molar-refractivity contribution is -0.386. The van der Waals surface area contributed by atoms with Gasteiger partial charge in [0.2, 0.25) is 0 Å². The quantitative estimate of drug-likeness (QED) is 0.728. The molecule has 0 aliphatic rings. The zero-order valence-electron chi connectivity index (χ0n) is 9.23. The van der Waals surface area contributed by atoms with E-state index in [0.29, 0.717) is 13.2 Å². The molecule has 0 saturated carbocycles. The summed E-state index contributed by atoms with van der Waals surface area (Å²) in [6.45, 7) is 2.93. The molecule has 0 aromatic heterocycles. The second kappa shape index (κ2) is 6.56. The molecule has 0 spiro atoms. The van der Waals surface area contributed by atoms with Gasteiger partial charge in [0.15, 0.2) is 0 Å². The van der Waals surface area contributed by atoms with Crippen molar-refractivity contribution in [2.45, 2.75) is 25.6 Å². The Morgan fingerprint density at radius 2 is 2.00 bits per heavy atom. The van der Waals surface area contributed by atoms with Crippen LogP contribution in [-0.2, 0) is 4.74 Å². The SMILES string of the molecule is CC[C@@H](OC[C@H](O)C[NH3+])c1ccccc1. The zero-order valence-corrected chi connectivity index (χ0v) is 9.23. The summed E-state index contributed by atoms with van der Waals surface area (Å²) in [5.74, 6) is 0. The van der Waals surface area contributed by atoms with E-state index in [2.05, 4.69) is 12.7 Å². The first kappa shape index (κ1) is 12.2. The van der Waals surface area contributed by atoms with E-state index in [0.717, 1.165) is 12.0 Å². The van der Waals surface area contributed by atoms with Crippen molar-refractivity contribution >= 4 is 0 Å². The van der Waals surface area contributed by atoms with E-state index in [1.807, 2.05) is 30.3 Å². The highest BCUT2D eigenvalue weighted by molar-refractivity contribution is 5.17. The lowest BCUT2D eigenvalue weighted by Gasteiger charge is -2.17. The minimum absolute atomic E-state index is 0.0763. The highest BCUT2D eigenvalue weighted by Gasteiger charge is 2.11. The first-order valence-electron chi connectivity index (χ1n) is 5.41. The van der Waals surface area contributed by atoms with Gasteiger partial charge in [0.05, 0.1) is 12.7 Å². The van der Waals surface area contributed by atoms with Gasteiger partial charge in [0.1, 0.15) is 12.6 Å². The van der Waals surface area contributed by atoms with Crippen molar-refractivity contribution in [2.24, 2.45) is 0 Å². The van der Waals surface area contributed by atoms with Crippen molar-refractivity contribution in [1.82, 2.24) is 0 Å². The summed E-state index contributed by atoms with van der Waals surface area (Å²) in [6, 6.07) is 10.1. The monoisotopic (exact) mass is 210 g/mol. The van der Waals surface area contributed by atoms with Crippen molar-refractivity contribution in [3.8, 4) is 0 Å². The molecule has 0 amide bonds. The number of rotatable bonds is 6. The molecule has 2 atom stereocenters. The van der Waals surface area contributed by atoms with Gasteiger partial charge in [-0.3, -0.25) is 0 Å². The third-order valence-corrected chi connectivity index (χ3v) is 2.37. The van der Waals surface area contributed by atoms with Gasteiger partial charge in [0, 0.05) is 0 Å². The number of benzene rings is 1. The maximum atomic E-state index is 9.36. The molecule has 1 aromatic rings. The van der Waals surface area contributed by atoms with Gasteiger partial charge in [0.25, 0.3) is 0 Å². The number of ether oxygens (including phenoxy) is 1.